The maximum atomic E-state index is 14.4. The molecule has 0 aliphatic carbocycles. The molecule has 2 aromatic carbocycles. The van der Waals surface area contributed by atoms with Crippen molar-refractivity contribution in [2.24, 2.45) is 0 Å². The zero-order valence-corrected chi connectivity index (χ0v) is 32.5. The van der Waals surface area contributed by atoms with E-state index in [2.05, 4.69) is 10.6 Å². The van der Waals surface area contributed by atoms with Gasteiger partial charge in [-0.2, -0.15) is 0 Å². The van der Waals surface area contributed by atoms with Crippen LogP contribution in [0.1, 0.15) is 90.5 Å². The predicted molar refractivity (Wildman–Crippen MR) is 202 cm³/mol. The number of hydrogen-bond acceptors (Lipinski definition) is 5. The van der Waals surface area contributed by atoms with Crippen molar-refractivity contribution in [3.63, 3.8) is 0 Å². The van der Waals surface area contributed by atoms with Crippen molar-refractivity contribution in [1.29, 1.82) is 0 Å². The summed E-state index contributed by atoms with van der Waals surface area (Å²) in [5, 5.41) is 6.43. The normalized spacial score (nSPS) is 15.0. The van der Waals surface area contributed by atoms with Crippen LogP contribution in [0.2, 0.25) is 0 Å². The number of anilines is 2. The molecule has 0 radical (unpaired) electrons. The average Bonchev–Trinajstić information content (AvgIpc) is 3.04. The van der Waals surface area contributed by atoms with E-state index >= 15 is 0 Å². The molecular weight excluding hydrogens is 614 g/mol. The van der Waals surface area contributed by atoms with E-state index in [1.807, 2.05) is 119 Å². The molecule has 0 saturated carbocycles. The Hall–Kier alpha value is -2.49. The first-order chi connectivity index (χ1) is 21.6. The molecular formula is C37H62N2O5P2. The van der Waals surface area contributed by atoms with E-state index in [1.165, 1.54) is 0 Å². The first-order valence-electron chi connectivity index (χ1n) is 17.3. The Morgan fingerprint density at radius 3 is 1.02 bits per heavy atom. The Labute approximate surface area is 279 Å². The van der Waals surface area contributed by atoms with Crippen molar-refractivity contribution >= 4 is 43.0 Å². The summed E-state index contributed by atoms with van der Waals surface area (Å²) < 4.78 is 13.5. The molecule has 2 N–H and O–H groups in total. The molecule has 2 unspecified atom stereocenters. The molecule has 7 nitrogen and oxygen atoms in total. The van der Waals surface area contributed by atoms with Crippen molar-refractivity contribution in [2.75, 3.05) is 47.6 Å². The van der Waals surface area contributed by atoms with Crippen molar-refractivity contribution in [1.82, 2.24) is 0 Å². The molecule has 2 atom stereocenters. The van der Waals surface area contributed by atoms with Gasteiger partial charge in [0.1, 0.15) is 0 Å². The fraction of sp³-hybridized carbons (Fsp3) is 0.595. The molecule has 46 heavy (non-hydrogen) atoms. The third kappa shape index (κ3) is 7.16. The number of hydrogen-bond donors (Lipinski definition) is 2. The molecule has 0 aromatic heterocycles. The van der Waals surface area contributed by atoms with Gasteiger partial charge in [-0.25, -0.2) is 0 Å². The zero-order valence-electron chi connectivity index (χ0n) is 30.7. The summed E-state index contributed by atoms with van der Waals surface area (Å²) in [6.07, 6.45) is 3.75. The van der Waals surface area contributed by atoms with E-state index < -0.39 is 31.1 Å². The molecule has 0 fully saturated rings. The molecule has 0 bridgehead atoms. The number of para-hydroxylation sites is 2. The number of amides is 2. The number of carbonyl (C=O) groups excluding carboxylic acids is 3. The van der Waals surface area contributed by atoms with Gasteiger partial charge in [-0.1, -0.05) is 0 Å². The van der Waals surface area contributed by atoms with Crippen LogP contribution in [0.5, 0.6) is 0 Å². The van der Waals surface area contributed by atoms with Crippen LogP contribution in [0.3, 0.4) is 0 Å². The van der Waals surface area contributed by atoms with Crippen LogP contribution in [0.25, 0.3) is 0 Å². The zero-order chi connectivity index (χ0) is 35.0. The predicted octanol–water partition coefficient (Wildman–Crippen LogP) is 10.3. The number of rotatable bonds is 16. The molecule has 2 aromatic rings. The van der Waals surface area contributed by atoms with Crippen molar-refractivity contribution in [2.45, 2.75) is 107 Å². The van der Waals surface area contributed by atoms with Gasteiger partial charge in [-0.15, -0.1) is 0 Å². The fourth-order valence-electron chi connectivity index (χ4n) is 7.92. The summed E-state index contributed by atoms with van der Waals surface area (Å²) in [5.74, 6) is -0.233. The van der Waals surface area contributed by atoms with E-state index in [0.717, 1.165) is 33.6 Å². The van der Waals surface area contributed by atoms with E-state index in [-0.39, 0.29) is 11.8 Å². The summed E-state index contributed by atoms with van der Waals surface area (Å²) in [7, 11) is 0. The van der Waals surface area contributed by atoms with Crippen LogP contribution in [-0.2, 0) is 18.6 Å². The molecule has 9 heteroatoms. The van der Waals surface area contributed by atoms with Gasteiger partial charge in [0.15, 0.2) is 0 Å². The van der Waals surface area contributed by atoms with E-state index in [1.54, 1.807) is 0 Å². The van der Waals surface area contributed by atoms with Gasteiger partial charge >= 0.3 is 280 Å². The Bertz CT molecular complexity index is 1230. The molecule has 0 saturated heterocycles. The van der Waals surface area contributed by atoms with Gasteiger partial charge in [0, 0.05) is 0 Å². The number of aryl methyl sites for hydroxylation is 4. The minimum absolute atomic E-state index is 0.116. The third-order valence-corrected chi connectivity index (χ3v) is 26.4. The Morgan fingerprint density at radius 1 is 0.543 bits per heavy atom. The van der Waals surface area contributed by atoms with Gasteiger partial charge in [-0.05, 0) is 0 Å². The SMILES string of the molecule is CCC(C(=O)Nc1c(C)cccc1C)P(CC)(CC)(CC)OC(=O)OP(CC)(CC)(CC)C(CC)C(=O)Nc1c(C)cccc1C. The van der Waals surface area contributed by atoms with E-state index in [0.29, 0.717) is 49.8 Å². The summed E-state index contributed by atoms with van der Waals surface area (Å²) in [4.78, 5) is 42.8. The maximum absolute atomic E-state index is 14.4. The number of carbonyl (C=O) groups is 3. The number of nitrogens with one attached hydrogen (secondary N) is 2. The minimum atomic E-state index is -3.51. The molecule has 0 aliphatic rings. The second-order valence-electron chi connectivity index (χ2n) is 13.1. The summed E-state index contributed by atoms with van der Waals surface area (Å²) in [5.41, 5.74) is 4.58. The topological polar surface area (TPSA) is 93.7 Å². The van der Waals surface area contributed by atoms with Crippen LogP contribution in [0.15, 0.2) is 36.4 Å². The van der Waals surface area contributed by atoms with Gasteiger partial charge in [-0.3, -0.25) is 0 Å². The second kappa shape index (κ2) is 15.6. The van der Waals surface area contributed by atoms with Crippen LogP contribution in [0.4, 0.5) is 16.2 Å². The van der Waals surface area contributed by atoms with Crippen LogP contribution in [-0.4, -0.2) is 66.3 Å². The second-order valence-corrected chi connectivity index (χ2v) is 25.4. The Morgan fingerprint density at radius 2 is 0.804 bits per heavy atom. The summed E-state index contributed by atoms with van der Waals surface area (Å²) in [6.45, 7) is 17.2. The van der Waals surface area contributed by atoms with Gasteiger partial charge in [0.2, 0.25) is 0 Å². The quantitative estimate of drug-likeness (QED) is 0.173. The molecule has 0 spiro atoms. The third-order valence-electron chi connectivity index (χ3n) is 11.6. The monoisotopic (exact) mass is 676 g/mol. The molecule has 0 aliphatic heterocycles. The Balaban J connectivity index is 2.60. The van der Waals surface area contributed by atoms with Gasteiger partial charge in [0.25, 0.3) is 0 Å². The van der Waals surface area contributed by atoms with Gasteiger partial charge < -0.3 is 0 Å². The molecule has 2 amide bonds. The standard InChI is InChI=1S/C37H62N2O5P2/c1-13-31(35(40)38-33-27(9)23-21-24-28(33)10)45(15-3,16-4,17-5)43-37(42)44-46(18-6,19-7,20-8)32(14-2)36(41)39-34-29(11)25-22-26-30(34)12/h21-26,31-32H,13-20H2,1-12H3,(H,38,40)(H,39,41). The fourth-order valence-corrected chi connectivity index (χ4v) is 18.4. The van der Waals surface area contributed by atoms with E-state index in [9.17, 15) is 14.4 Å². The average molecular weight is 677 g/mol. The van der Waals surface area contributed by atoms with Crippen LogP contribution >= 0.6 is 13.7 Å². The van der Waals surface area contributed by atoms with Crippen molar-refractivity contribution in [3.05, 3.63) is 58.7 Å². The molecule has 0 heterocycles. The number of benzene rings is 2. The first-order valence-corrected chi connectivity index (χ1v) is 22.9. The van der Waals surface area contributed by atoms with Gasteiger partial charge in [0.05, 0.1) is 0 Å². The van der Waals surface area contributed by atoms with Crippen molar-refractivity contribution in [3.8, 4) is 0 Å². The molecule has 260 valence electrons. The summed E-state index contributed by atoms with van der Waals surface area (Å²) in [6, 6.07) is 11.9. The van der Waals surface area contributed by atoms with Crippen molar-refractivity contribution < 1.29 is 23.4 Å². The van der Waals surface area contributed by atoms with Crippen LogP contribution in [0, 0.1) is 27.7 Å². The van der Waals surface area contributed by atoms with E-state index in [4.69, 9.17) is 9.05 Å². The summed E-state index contributed by atoms with van der Waals surface area (Å²) >= 11 is 0. The Kier molecular flexibility index (Phi) is 13.5. The van der Waals surface area contributed by atoms with Crippen LogP contribution < -0.4 is 10.6 Å². The first kappa shape index (κ1) is 39.7. The molecule has 2 rings (SSSR count).